The van der Waals surface area contributed by atoms with Crippen molar-refractivity contribution in [2.75, 3.05) is 5.32 Å². The van der Waals surface area contributed by atoms with E-state index in [-0.39, 0.29) is 11.9 Å². The van der Waals surface area contributed by atoms with Gasteiger partial charge in [0.2, 0.25) is 5.95 Å². The molecule has 1 aromatic carbocycles. The number of imidazole rings is 1. The highest BCUT2D eigenvalue weighted by atomic mass is 32.1. The van der Waals surface area contributed by atoms with Crippen LogP contribution >= 0.6 is 11.3 Å². The van der Waals surface area contributed by atoms with E-state index < -0.39 is 0 Å². The van der Waals surface area contributed by atoms with Gasteiger partial charge in [0, 0.05) is 11.1 Å². The smallest absolute Gasteiger partial charge is 0.201 e. The molecule has 2 heterocycles. The number of benzene rings is 1. The lowest BCUT2D eigenvalue weighted by Gasteiger charge is -2.09. The van der Waals surface area contributed by atoms with Crippen LogP contribution in [0.2, 0.25) is 0 Å². The van der Waals surface area contributed by atoms with Gasteiger partial charge in [-0.05, 0) is 31.5 Å². The first-order valence-corrected chi connectivity index (χ1v) is 7.33. The third kappa shape index (κ3) is 2.51. The van der Waals surface area contributed by atoms with E-state index in [1.165, 1.54) is 17.0 Å². The van der Waals surface area contributed by atoms with Gasteiger partial charge in [-0.25, -0.2) is 14.4 Å². The number of nitrogens with zero attached hydrogens (tertiary/aromatic N) is 2. The number of hydrogen-bond acceptors (Lipinski definition) is 4. The normalized spacial score (nSPS) is 12.8. The lowest BCUT2D eigenvalue weighted by Crippen LogP contribution is -2.07. The van der Waals surface area contributed by atoms with Crippen molar-refractivity contribution in [1.29, 1.82) is 0 Å². The monoisotopic (exact) mass is 290 g/mol. The van der Waals surface area contributed by atoms with Crippen LogP contribution in [0.5, 0.6) is 0 Å². The Morgan fingerprint density at radius 1 is 1.45 bits per heavy atom. The van der Waals surface area contributed by atoms with Crippen molar-refractivity contribution >= 4 is 28.3 Å². The molecule has 0 saturated heterocycles. The number of nitrogens with one attached hydrogen (secondary N) is 2. The summed E-state index contributed by atoms with van der Waals surface area (Å²) in [5.74, 6) is 0.361. The number of aromatic nitrogens is 3. The minimum Gasteiger partial charge on any atom is -0.347 e. The molecule has 3 aromatic rings. The highest BCUT2D eigenvalue weighted by Gasteiger charge is 2.12. The van der Waals surface area contributed by atoms with E-state index in [1.54, 1.807) is 17.4 Å². The van der Waals surface area contributed by atoms with E-state index in [0.717, 1.165) is 16.9 Å². The third-order valence-corrected chi connectivity index (χ3v) is 4.41. The molecule has 20 heavy (non-hydrogen) atoms. The van der Waals surface area contributed by atoms with Crippen LogP contribution in [0.25, 0.3) is 11.0 Å². The van der Waals surface area contributed by atoms with Crippen molar-refractivity contribution in [2.24, 2.45) is 0 Å². The Bertz CT molecular complexity index is 734. The first-order chi connectivity index (χ1) is 9.65. The second kappa shape index (κ2) is 5.20. The van der Waals surface area contributed by atoms with E-state index in [1.807, 2.05) is 13.1 Å². The Hall–Kier alpha value is -1.95. The fraction of sp³-hybridized carbons (Fsp3) is 0.286. The molecule has 0 bridgehead atoms. The minimum atomic E-state index is -0.270. The second-order valence-electron chi connectivity index (χ2n) is 4.63. The van der Waals surface area contributed by atoms with Gasteiger partial charge in [0.1, 0.15) is 10.8 Å². The molecule has 3 rings (SSSR count). The summed E-state index contributed by atoms with van der Waals surface area (Å²) in [6, 6.07) is 4.57. The number of thiazole rings is 1. The van der Waals surface area contributed by atoms with Crippen LogP contribution in [0, 0.1) is 5.82 Å². The average molecular weight is 290 g/mol. The van der Waals surface area contributed by atoms with Gasteiger partial charge >= 0.3 is 0 Å². The Balaban J connectivity index is 1.81. The van der Waals surface area contributed by atoms with Gasteiger partial charge in [-0.1, -0.05) is 6.92 Å². The maximum absolute atomic E-state index is 13.1. The zero-order valence-corrected chi connectivity index (χ0v) is 12.1. The molecule has 4 nitrogen and oxygen atoms in total. The SMILES string of the molecule is CCc1cnc(C(C)Nc2nc3ccc(F)cc3[nH]2)s1. The number of anilines is 1. The summed E-state index contributed by atoms with van der Waals surface area (Å²) in [6.07, 6.45) is 2.90. The van der Waals surface area contributed by atoms with Gasteiger partial charge < -0.3 is 10.3 Å². The molecule has 0 radical (unpaired) electrons. The van der Waals surface area contributed by atoms with Crippen molar-refractivity contribution in [3.63, 3.8) is 0 Å². The lowest BCUT2D eigenvalue weighted by atomic mass is 10.3. The zero-order valence-electron chi connectivity index (χ0n) is 11.3. The summed E-state index contributed by atoms with van der Waals surface area (Å²) >= 11 is 1.69. The molecule has 0 amide bonds. The first kappa shape index (κ1) is 13.1. The lowest BCUT2D eigenvalue weighted by molar-refractivity contribution is 0.629. The van der Waals surface area contributed by atoms with Crippen molar-refractivity contribution in [3.8, 4) is 0 Å². The molecular weight excluding hydrogens is 275 g/mol. The van der Waals surface area contributed by atoms with Crippen LogP contribution in [0.1, 0.15) is 29.8 Å². The second-order valence-corrected chi connectivity index (χ2v) is 5.78. The Labute approximate surface area is 120 Å². The summed E-state index contributed by atoms with van der Waals surface area (Å²) in [7, 11) is 0. The van der Waals surface area contributed by atoms with Gasteiger partial charge in [0.15, 0.2) is 0 Å². The first-order valence-electron chi connectivity index (χ1n) is 6.52. The van der Waals surface area contributed by atoms with Crippen molar-refractivity contribution in [2.45, 2.75) is 26.3 Å². The van der Waals surface area contributed by atoms with E-state index in [4.69, 9.17) is 0 Å². The highest BCUT2D eigenvalue weighted by Crippen LogP contribution is 2.24. The molecule has 1 atom stereocenters. The molecule has 0 aliphatic carbocycles. The molecule has 0 saturated carbocycles. The summed E-state index contributed by atoms with van der Waals surface area (Å²) in [5, 5.41) is 4.29. The van der Waals surface area contributed by atoms with Crippen LogP contribution in [0.3, 0.4) is 0 Å². The van der Waals surface area contributed by atoms with E-state index >= 15 is 0 Å². The number of hydrogen-bond donors (Lipinski definition) is 2. The molecule has 2 aromatic heterocycles. The van der Waals surface area contributed by atoms with Gasteiger partial charge in [-0.3, -0.25) is 0 Å². The van der Waals surface area contributed by atoms with E-state index in [9.17, 15) is 4.39 Å². The molecular formula is C14H15FN4S. The molecule has 104 valence electrons. The molecule has 0 aliphatic heterocycles. The predicted octanol–water partition coefficient (Wildman–Crippen LogP) is 3.89. The number of H-pyrrole nitrogens is 1. The van der Waals surface area contributed by atoms with E-state index in [2.05, 4.69) is 27.2 Å². The summed E-state index contributed by atoms with van der Waals surface area (Å²) < 4.78 is 13.1. The molecule has 0 aliphatic rings. The van der Waals surface area contributed by atoms with Gasteiger partial charge in [0.25, 0.3) is 0 Å². The summed E-state index contributed by atoms with van der Waals surface area (Å²) in [5.41, 5.74) is 1.43. The summed E-state index contributed by atoms with van der Waals surface area (Å²) in [6.45, 7) is 4.15. The van der Waals surface area contributed by atoms with Crippen molar-refractivity contribution in [1.82, 2.24) is 15.0 Å². The van der Waals surface area contributed by atoms with Gasteiger partial charge in [0.05, 0.1) is 17.1 Å². The third-order valence-electron chi connectivity index (χ3n) is 3.09. The number of halogens is 1. The fourth-order valence-corrected chi connectivity index (χ4v) is 2.86. The maximum Gasteiger partial charge on any atom is 0.201 e. The molecule has 1 unspecified atom stereocenters. The number of fused-ring (bicyclic) bond motifs is 1. The van der Waals surface area contributed by atoms with Crippen LogP contribution in [0.15, 0.2) is 24.4 Å². The highest BCUT2D eigenvalue weighted by molar-refractivity contribution is 7.11. The zero-order chi connectivity index (χ0) is 14.1. The Morgan fingerprint density at radius 3 is 3.05 bits per heavy atom. The molecule has 2 N–H and O–H groups in total. The van der Waals surface area contributed by atoms with E-state index in [0.29, 0.717) is 11.5 Å². The quantitative estimate of drug-likeness (QED) is 0.766. The molecule has 0 spiro atoms. The molecule has 0 fully saturated rings. The van der Waals surface area contributed by atoms with Crippen molar-refractivity contribution < 1.29 is 4.39 Å². The topological polar surface area (TPSA) is 53.6 Å². The Morgan fingerprint density at radius 2 is 2.30 bits per heavy atom. The van der Waals surface area contributed by atoms with Gasteiger partial charge in [-0.2, -0.15) is 0 Å². The maximum atomic E-state index is 13.1. The Kier molecular flexibility index (Phi) is 3.40. The van der Waals surface area contributed by atoms with Crippen LogP contribution in [-0.2, 0) is 6.42 Å². The average Bonchev–Trinajstić information content (AvgIpc) is 3.03. The van der Waals surface area contributed by atoms with Crippen LogP contribution in [0.4, 0.5) is 10.3 Å². The standard InChI is InChI=1S/C14H15FN4S/c1-3-10-7-16-13(20-10)8(2)17-14-18-11-5-4-9(15)6-12(11)19-14/h4-8H,3H2,1-2H3,(H2,17,18,19). The largest absolute Gasteiger partial charge is 0.347 e. The van der Waals surface area contributed by atoms with Crippen molar-refractivity contribution in [3.05, 3.63) is 40.1 Å². The van der Waals surface area contributed by atoms with Crippen LogP contribution in [-0.4, -0.2) is 15.0 Å². The summed E-state index contributed by atoms with van der Waals surface area (Å²) in [4.78, 5) is 13.1. The number of aromatic amines is 1. The number of rotatable bonds is 4. The number of aryl methyl sites for hydroxylation is 1. The van der Waals surface area contributed by atoms with Gasteiger partial charge in [-0.15, -0.1) is 11.3 Å². The minimum absolute atomic E-state index is 0.0608. The fourth-order valence-electron chi connectivity index (χ4n) is 2.00. The molecule has 6 heteroatoms. The van der Waals surface area contributed by atoms with Crippen LogP contribution < -0.4 is 5.32 Å². The predicted molar refractivity (Wildman–Crippen MR) is 79.6 cm³/mol.